The van der Waals surface area contributed by atoms with E-state index in [2.05, 4.69) is 39.5 Å². The van der Waals surface area contributed by atoms with Crippen molar-refractivity contribution in [3.63, 3.8) is 0 Å². The molecule has 0 bridgehead atoms. The summed E-state index contributed by atoms with van der Waals surface area (Å²) in [6.07, 6.45) is 7.35. The van der Waals surface area contributed by atoms with Gasteiger partial charge in [0.05, 0.1) is 38.5 Å². The quantitative estimate of drug-likeness (QED) is 0.0526. The molecule has 4 N–H and O–H groups in total. The maximum atomic E-state index is 9.33. The number of hydrogen-bond donors (Lipinski definition) is 4. The number of thiazole rings is 2. The third-order valence-electron chi connectivity index (χ3n) is 5.69. The van der Waals surface area contributed by atoms with E-state index >= 15 is 0 Å². The Morgan fingerprint density at radius 1 is 0.638 bits per heavy atom. The topological polar surface area (TPSA) is 208 Å². The van der Waals surface area contributed by atoms with E-state index in [1.165, 1.54) is 0 Å². The molecule has 0 spiro atoms. The van der Waals surface area contributed by atoms with Gasteiger partial charge >= 0.3 is 31.1 Å². The zero-order valence-electron chi connectivity index (χ0n) is 26.1. The number of aromatic nitrogens is 2. The molecule has 2 aromatic heterocycles. The maximum Gasteiger partial charge on any atom is 0.408 e. The molecule has 256 valence electrons. The minimum atomic E-state index is -4.16. The summed E-state index contributed by atoms with van der Waals surface area (Å²) in [5.74, 6) is 0. The second-order valence-corrected chi connectivity index (χ2v) is 13.3. The molecule has 0 radical (unpaired) electrons. The number of rotatable bonds is 14. The van der Waals surface area contributed by atoms with Gasteiger partial charge in [-0.1, -0.05) is 0 Å². The number of benzene rings is 2. The summed E-state index contributed by atoms with van der Waals surface area (Å²) in [5, 5.41) is 29.9. The lowest BCUT2D eigenvalue weighted by molar-refractivity contribution is -0.654. The Morgan fingerprint density at radius 2 is 0.979 bits per heavy atom. The molecule has 2 aromatic carbocycles. The van der Waals surface area contributed by atoms with E-state index in [9.17, 15) is 16.8 Å². The van der Waals surface area contributed by atoms with Gasteiger partial charge < -0.3 is 10.6 Å². The highest BCUT2D eigenvalue weighted by atomic mass is 32.3. The van der Waals surface area contributed by atoms with Crippen LogP contribution in [0.1, 0.15) is 19.3 Å². The fraction of sp³-hybridized carbons (Fsp3) is 0.333. The van der Waals surface area contributed by atoms with Crippen molar-refractivity contribution >= 4 is 76.5 Å². The predicted octanol–water partition coefficient (Wildman–Crippen LogP) is 5.85. The Bertz CT molecular complexity index is 1630. The van der Waals surface area contributed by atoms with E-state index < -0.39 is 20.8 Å². The summed E-state index contributed by atoms with van der Waals surface area (Å²) in [7, 11) is -2.65. The number of aryl methyl sites for hydroxylation is 2. The van der Waals surface area contributed by atoms with Gasteiger partial charge in [-0.25, -0.2) is 9.13 Å². The first-order valence-corrected chi connectivity index (χ1v) is 18.2. The molecule has 0 saturated carbocycles. The van der Waals surface area contributed by atoms with Gasteiger partial charge in [0.1, 0.15) is 23.8 Å². The zero-order valence-corrected chi connectivity index (χ0v) is 29.4. The molecule has 16 nitrogen and oxygen atoms in total. The van der Waals surface area contributed by atoms with Gasteiger partial charge in [-0.15, -0.1) is 0 Å². The fourth-order valence-corrected chi connectivity index (χ4v) is 4.59. The molecule has 0 unspecified atom stereocenters. The number of azo groups is 2. The maximum absolute atomic E-state index is 9.33. The lowest BCUT2D eigenvalue weighted by atomic mass is 10.2. The van der Waals surface area contributed by atoms with Crippen LogP contribution in [0.15, 0.2) is 92.1 Å². The molecule has 4 rings (SSSR count). The molecule has 2 heterocycles. The number of nitrogens with zero attached hydrogens (tertiary/aromatic N) is 6. The van der Waals surface area contributed by atoms with E-state index in [-0.39, 0.29) is 0 Å². The molecular weight excluding hydrogens is 693 g/mol. The number of hydrogen-bond acceptors (Lipinski definition) is 14. The minimum Gasteiger partial charge on any atom is -0.385 e. The molecule has 0 fully saturated rings. The van der Waals surface area contributed by atoms with Crippen molar-refractivity contribution in [1.82, 2.24) is 0 Å². The van der Waals surface area contributed by atoms with E-state index in [1.807, 2.05) is 94.9 Å². The van der Waals surface area contributed by atoms with E-state index in [0.717, 1.165) is 79.6 Å². The monoisotopic (exact) mass is 730 g/mol. The van der Waals surface area contributed by atoms with Crippen LogP contribution in [-0.2, 0) is 43.3 Å². The Labute approximate surface area is 282 Å². The molecule has 0 atom stereocenters. The number of unbranched alkanes of at least 4 members (excludes halogenated alkanes) is 2. The summed E-state index contributed by atoms with van der Waals surface area (Å²) in [4.78, 5) is 0. The van der Waals surface area contributed by atoms with Crippen LogP contribution in [0.3, 0.4) is 0 Å². The largest absolute Gasteiger partial charge is 0.408 e. The summed E-state index contributed by atoms with van der Waals surface area (Å²) >= 11 is 3.14. The third-order valence-corrected chi connectivity index (χ3v) is 8.21. The van der Waals surface area contributed by atoms with Crippen LogP contribution in [0.25, 0.3) is 0 Å². The van der Waals surface area contributed by atoms with E-state index in [1.54, 1.807) is 22.7 Å². The highest BCUT2D eigenvalue weighted by Gasteiger charge is 2.08. The van der Waals surface area contributed by atoms with Crippen LogP contribution in [0, 0.1) is 0 Å². The van der Waals surface area contributed by atoms with Crippen molar-refractivity contribution < 1.29 is 43.4 Å². The molecule has 20 heteroatoms. The lowest BCUT2D eigenvalue weighted by Crippen LogP contribution is -2.23. The minimum absolute atomic E-state index is 0.850. The third kappa shape index (κ3) is 17.7. The SMILES string of the molecule is COS(=O)(=O)O.COS(=O)(=O)O.C[n+]1ccsc1N=Nc1ccc(NCCCCCNc2ccc(N=Nc3scc[n+]3C)cc2)cc1. The molecule has 47 heavy (non-hydrogen) atoms. The van der Waals surface area contributed by atoms with Crippen molar-refractivity contribution in [3.05, 3.63) is 71.7 Å². The first-order chi connectivity index (χ1) is 22.3. The normalized spacial score (nSPS) is 11.5. The van der Waals surface area contributed by atoms with Crippen LogP contribution < -0.4 is 19.8 Å². The van der Waals surface area contributed by atoms with Crippen molar-refractivity contribution in [1.29, 1.82) is 0 Å². The molecule has 0 aliphatic rings. The molecule has 0 aliphatic heterocycles. The van der Waals surface area contributed by atoms with Crippen molar-refractivity contribution in [3.8, 4) is 0 Å². The second kappa shape index (κ2) is 20.5. The zero-order chi connectivity index (χ0) is 34.7. The lowest BCUT2D eigenvalue weighted by Gasteiger charge is -2.08. The van der Waals surface area contributed by atoms with Crippen LogP contribution in [0.5, 0.6) is 0 Å². The molecule has 4 aromatic rings. The van der Waals surface area contributed by atoms with Gasteiger partial charge in [-0.3, -0.25) is 17.5 Å². The number of nitrogens with one attached hydrogen (secondary N) is 2. The molecular formula is C27H38N8O8S4+2. The van der Waals surface area contributed by atoms with E-state index in [0.29, 0.717) is 0 Å². The predicted molar refractivity (Wildman–Crippen MR) is 180 cm³/mol. The van der Waals surface area contributed by atoms with Gasteiger partial charge in [0.25, 0.3) is 0 Å². The summed E-state index contributed by atoms with van der Waals surface area (Å²) in [5.41, 5.74) is 3.91. The fourth-order valence-electron chi connectivity index (χ4n) is 3.23. The van der Waals surface area contributed by atoms with Crippen LogP contribution in [-0.4, -0.2) is 53.3 Å². The smallest absolute Gasteiger partial charge is 0.385 e. The van der Waals surface area contributed by atoms with Crippen LogP contribution >= 0.6 is 22.7 Å². The van der Waals surface area contributed by atoms with Crippen molar-refractivity contribution in [2.45, 2.75) is 19.3 Å². The Morgan fingerprint density at radius 3 is 1.26 bits per heavy atom. The Balaban J connectivity index is 0.000000546. The average molecular weight is 731 g/mol. The van der Waals surface area contributed by atoms with Crippen molar-refractivity contribution in [2.24, 2.45) is 34.6 Å². The first kappa shape index (κ1) is 39.4. The highest BCUT2D eigenvalue weighted by Crippen LogP contribution is 2.22. The van der Waals surface area contributed by atoms with Gasteiger partial charge in [-0.05, 0) is 101 Å². The van der Waals surface area contributed by atoms with Crippen molar-refractivity contribution in [2.75, 3.05) is 37.9 Å². The number of anilines is 2. The standard InChI is InChI=1S/C25H28N8S2.2CH4O4S/c1-32-16-18-34-24(32)30-28-22-10-6-20(7-11-22)26-14-4-3-5-15-27-21-8-12-23(13-9-21)29-31-25-33(2)17-19-35-25;2*1-5-6(2,3)4/h6-13,16-19H,3-5,14-15H2,1-2H3;2*1H3,(H,2,3,4)/p+2. The van der Waals surface area contributed by atoms with Gasteiger partial charge in [0, 0.05) is 35.2 Å². The van der Waals surface area contributed by atoms with Gasteiger partial charge in [0.2, 0.25) is 0 Å². The van der Waals surface area contributed by atoms with Crippen LogP contribution in [0.4, 0.5) is 33.0 Å². The average Bonchev–Trinajstić information content (AvgIpc) is 3.66. The highest BCUT2D eigenvalue weighted by molar-refractivity contribution is 7.81. The molecule has 0 saturated heterocycles. The first-order valence-electron chi connectivity index (χ1n) is 13.7. The van der Waals surface area contributed by atoms with Gasteiger partial charge in [0.15, 0.2) is 0 Å². The molecule has 0 amide bonds. The Kier molecular flexibility index (Phi) is 17.2. The molecule has 0 aliphatic carbocycles. The van der Waals surface area contributed by atoms with Gasteiger partial charge in [-0.2, -0.15) is 16.8 Å². The summed E-state index contributed by atoms with van der Waals surface area (Å²) in [6.45, 7) is 1.90. The Hall–Kier alpha value is -3.76. The second-order valence-electron chi connectivity index (χ2n) is 9.19. The summed E-state index contributed by atoms with van der Waals surface area (Å²) in [6, 6.07) is 16.1. The van der Waals surface area contributed by atoms with Crippen LogP contribution in [0.2, 0.25) is 0 Å². The van der Waals surface area contributed by atoms with E-state index in [4.69, 9.17) is 9.11 Å². The summed E-state index contributed by atoms with van der Waals surface area (Å²) < 4.78 is 63.3.